The minimum absolute atomic E-state index is 0.00811. The molecule has 0 saturated heterocycles. The fraction of sp³-hybridized carbons (Fsp3) is 0.458. The maximum Gasteiger partial charge on any atom is 0.255 e. The minimum atomic E-state index is -0.148. The van der Waals surface area contributed by atoms with Gasteiger partial charge in [-0.1, -0.05) is 30.3 Å². The molecule has 30 heavy (non-hydrogen) atoms. The molecule has 156 valence electrons. The van der Waals surface area contributed by atoms with Crippen LogP contribution in [0.4, 0.5) is 0 Å². The minimum Gasteiger partial charge on any atom is -0.393 e. The molecule has 1 aromatic carbocycles. The summed E-state index contributed by atoms with van der Waals surface area (Å²) in [6, 6.07) is 12.5. The van der Waals surface area contributed by atoms with Crippen molar-refractivity contribution in [1.29, 1.82) is 0 Å². The number of aliphatic hydroxyl groups is 1. The van der Waals surface area contributed by atoms with Gasteiger partial charge in [0.25, 0.3) is 5.91 Å². The lowest BCUT2D eigenvalue weighted by molar-refractivity contribution is 0.0722. The monoisotopic (exact) mass is 404 g/mol. The highest BCUT2D eigenvalue weighted by atomic mass is 16.3. The van der Waals surface area contributed by atoms with Gasteiger partial charge in [0.15, 0.2) is 5.65 Å². The van der Waals surface area contributed by atoms with Crippen molar-refractivity contribution in [3.63, 3.8) is 0 Å². The first-order chi connectivity index (χ1) is 14.6. The van der Waals surface area contributed by atoms with Crippen molar-refractivity contribution in [2.24, 2.45) is 11.8 Å². The van der Waals surface area contributed by atoms with Gasteiger partial charge in [-0.2, -0.15) is 0 Å². The molecule has 0 spiro atoms. The van der Waals surface area contributed by atoms with E-state index >= 15 is 0 Å². The van der Waals surface area contributed by atoms with Gasteiger partial charge in [0.1, 0.15) is 5.52 Å². The molecular formula is C24H28N4O2. The van der Waals surface area contributed by atoms with Crippen molar-refractivity contribution in [3.8, 4) is 0 Å². The molecule has 2 aliphatic rings. The van der Waals surface area contributed by atoms with Gasteiger partial charge in [-0.05, 0) is 55.6 Å². The summed E-state index contributed by atoms with van der Waals surface area (Å²) in [4.78, 5) is 24.0. The van der Waals surface area contributed by atoms with E-state index in [0.29, 0.717) is 17.4 Å². The molecule has 3 aromatic rings. The Bertz CT molecular complexity index is 1030. The zero-order valence-corrected chi connectivity index (χ0v) is 17.3. The van der Waals surface area contributed by atoms with Crippen LogP contribution in [-0.4, -0.2) is 49.6 Å². The number of carbonyl (C=O) groups excluding carboxylic acids is 1. The van der Waals surface area contributed by atoms with Crippen molar-refractivity contribution in [3.05, 3.63) is 60.0 Å². The number of aliphatic hydroxyl groups excluding tert-OH is 1. The Balaban J connectivity index is 1.27. The Morgan fingerprint density at radius 2 is 1.87 bits per heavy atom. The zero-order chi connectivity index (χ0) is 20.7. The average Bonchev–Trinajstić information content (AvgIpc) is 3.44. The largest absolute Gasteiger partial charge is 0.393 e. The van der Waals surface area contributed by atoms with E-state index < -0.39 is 0 Å². The van der Waals surface area contributed by atoms with E-state index in [9.17, 15) is 9.90 Å². The number of benzene rings is 1. The summed E-state index contributed by atoms with van der Waals surface area (Å²) in [5.41, 5.74) is 3.44. The third-order valence-electron chi connectivity index (χ3n) is 7.02. The molecule has 6 heteroatoms. The Hall–Kier alpha value is -2.73. The summed E-state index contributed by atoms with van der Waals surface area (Å²) in [6.45, 7) is 0.803. The number of hydrogen-bond donors (Lipinski definition) is 1. The normalized spacial score (nSPS) is 25.5. The average molecular weight is 405 g/mol. The molecule has 1 amide bonds. The van der Waals surface area contributed by atoms with Crippen LogP contribution in [0.1, 0.15) is 41.6 Å². The molecule has 5 rings (SSSR count). The second kappa shape index (κ2) is 7.84. The molecule has 2 unspecified atom stereocenters. The predicted molar refractivity (Wildman–Crippen MR) is 115 cm³/mol. The molecule has 2 saturated carbocycles. The molecule has 2 aromatic heterocycles. The zero-order valence-electron chi connectivity index (χ0n) is 17.3. The second-order valence-corrected chi connectivity index (χ2v) is 8.93. The quantitative estimate of drug-likeness (QED) is 0.708. The van der Waals surface area contributed by atoms with Gasteiger partial charge < -0.3 is 14.6 Å². The maximum absolute atomic E-state index is 13.1. The van der Waals surface area contributed by atoms with Gasteiger partial charge in [-0.25, -0.2) is 9.97 Å². The second-order valence-electron chi connectivity index (χ2n) is 8.93. The molecule has 0 radical (unpaired) electrons. The van der Waals surface area contributed by atoms with Gasteiger partial charge >= 0.3 is 0 Å². The number of imidazole rings is 1. The van der Waals surface area contributed by atoms with Gasteiger partial charge in [-0.3, -0.25) is 4.79 Å². The number of aromatic nitrogens is 3. The summed E-state index contributed by atoms with van der Waals surface area (Å²) >= 11 is 0. The summed E-state index contributed by atoms with van der Waals surface area (Å²) < 4.78 is 2.05. The fourth-order valence-electron chi connectivity index (χ4n) is 5.36. The lowest BCUT2D eigenvalue weighted by atomic mass is 10.0. The number of carbonyl (C=O) groups is 1. The molecule has 6 nitrogen and oxygen atoms in total. The van der Waals surface area contributed by atoms with Crippen LogP contribution in [0.15, 0.2) is 48.9 Å². The highest BCUT2D eigenvalue weighted by molar-refractivity contribution is 5.96. The predicted octanol–water partition coefficient (Wildman–Crippen LogP) is 3.30. The molecule has 0 bridgehead atoms. The van der Waals surface area contributed by atoms with Crippen LogP contribution < -0.4 is 0 Å². The van der Waals surface area contributed by atoms with Crippen LogP contribution in [0.25, 0.3) is 11.2 Å². The van der Waals surface area contributed by atoms with E-state index in [1.165, 1.54) is 5.56 Å². The third-order valence-corrected chi connectivity index (χ3v) is 7.02. The number of hydrogen-bond acceptors (Lipinski definition) is 4. The topological polar surface area (TPSA) is 71.2 Å². The number of nitrogens with zero attached hydrogens (tertiary/aromatic N) is 4. The lowest BCUT2D eigenvalue weighted by Crippen LogP contribution is -2.36. The summed E-state index contributed by atoms with van der Waals surface area (Å²) in [5, 5.41) is 9.85. The maximum atomic E-state index is 13.1. The van der Waals surface area contributed by atoms with Crippen molar-refractivity contribution >= 4 is 17.1 Å². The first kappa shape index (κ1) is 19.2. The Kier molecular flexibility index (Phi) is 5.03. The van der Waals surface area contributed by atoms with Crippen LogP contribution in [0.2, 0.25) is 0 Å². The van der Waals surface area contributed by atoms with Crippen LogP contribution in [0.5, 0.6) is 0 Å². The Morgan fingerprint density at radius 1 is 1.13 bits per heavy atom. The van der Waals surface area contributed by atoms with Gasteiger partial charge in [0.05, 0.1) is 18.0 Å². The van der Waals surface area contributed by atoms with Crippen LogP contribution >= 0.6 is 0 Å². The van der Waals surface area contributed by atoms with Crippen LogP contribution in [0, 0.1) is 11.8 Å². The first-order valence-corrected chi connectivity index (χ1v) is 10.9. The van der Waals surface area contributed by atoms with Gasteiger partial charge in [-0.15, -0.1) is 0 Å². The molecule has 2 fully saturated rings. The SMILES string of the molecule is CN(C(=O)c1cnc2c(c1)ncn2CCc1ccccc1)C1C[C@H]2CC(O)C[C@H]2C1. The first-order valence-electron chi connectivity index (χ1n) is 10.9. The van der Waals surface area contributed by atoms with Crippen LogP contribution in [-0.2, 0) is 13.0 Å². The number of fused-ring (bicyclic) bond motifs is 2. The number of pyridine rings is 1. The van der Waals surface area contributed by atoms with Crippen LogP contribution in [0.3, 0.4) is 0 Å². The molecule has 1 N–H and O–H groups in total. The van der Waals surface area contributed by atoms with E-state index in [4.69, 9.17) is 0 Å². The van der Waals surface area contributed by atoms with E-state index in [-0.39, 0.29) is 18.1 Å². The Labute approximate surface area is 176 Å². The number of rotatable bonds is 5. The highest BCUT2D eigenvalue weighted by Crippen LogP contribution is 2.45. The molecular weight excluding hydrogens is 376 g/mol. The molecule has 4 atom stereocenters. The summed E-state index contributed by atoms with van der Waals surface area (Å²) in [6.07, 6.45) is 8.01. The molecule has 2 heterocycles. The van der Waals surface area contributed by atoms with Crippen molar-refractivity contribution in [1.82, 2.24) is 19.4 Å². The number of aryl methyl sites for hydroxylation is 2. The number of amides is 1. The summed E-state index contributed by atoms with van der Waals surface area (Å²) in [5.74, 6) is 1.12. The smallest absolute Gasteiger partial charge is 0.255 e. The van der Waals surface area contributed by atoms with E-state index in [0.717, 1.165) is 49.8 Å². The van der Waals surface area contributed by atoms with Crippen molar-refractivity contribution in [2.75, 3.05) is 7.05 Å². The fourth-order valence-corrected chi connectivity index (χ4v) is 5.36. The highest BCUT2D eigenvalue weighted by Gasteiger charge is 2.43. The van der Waals surface area contributed by atoms with E-state index in [1.807, 2.05) is 47.1 Å². The standard InChI is InChI=1S/C24H28N4O2/c1-27(20-9-17-11-21(29)12-18(17)10-20)24(30)19-13-22-23(25-14-19)28(15-26-22)8-7-16-5-3-2-4-6-16/h2-6,13-15,17-18,20-21,29H,7-12H2,1H3/t17-,18+,20?,21?. The van der Waals surface area contributed by atoms with Crippen molar-refractivity contribution < 1.29 is 9.90 Å². The van der Waals surface area contributed by atoms with Gasteiger partial charge in [0, 0.05) is 25.8 Å². The molecule has 0 aliphatic heterocycles. The van der Waals surface area contributed by atoms with Crippen molar-refractivity contribution in [2.45, 2.75) is 50.8 Å². The lowest BCUT2D eigenvalue weighted by Gasteiger charge is -2.25. The van der Waals surface area contributed by atoms with Gasteiger partial charge in [0.2, 0.25) is 0 Å². The van der Waals surface area contributed by atoms with E-state index in [2.05, 4.69) is 22.1 Å². The Morgan fingerprint density at radius 3 is 2.60 bits per heavy atom. The summed E-state index contributed by atoms with van der Waals surface area (Å²) in [7, 11) is 1.90. The molecule has 2 aliphatic carbocycles. The third kappa shape index (κ3) is 3.60. The van der Waals surface area contributed by atoms with E-state index in [1.54, 1.807) is 6.20 Å².